The second kappa shape index (κ2) is 11.1. The van der Waals surface area contributed by atoms with E-state index in [4.69, 9.17) is 0 Å². The van der Waals surface area contributed by atoms with Crippen molar-refractivity contribution in [2.24, 2.45) is 0 Å². The van der Waals surface area contributed by atoms with Crippen molar-refractivity contribution < 1.29 is 0 Å². The highest BCUT2D eigenvalue weighted by Crippen LogP contribution is 2.13. The predicted octanol–water partition coefficient (Wildman–Crippen LogP) is 5.07. The first-order valence-corrected chi connectivity index (χ1v) is 7.20. The lowest BCUT2D eigenvalue weighted by Gasteiger charge is -2.12. The van der Waals surface area contributed by atoms with E-state index in [0.717, 1.165) is 6.54 Å². The number of unbranched alkanes of at least 4 members (excludes halogenated alkanes) is 2. The SMILES string of the molecule is CCCCCC(=Cc1ccccc1)CNC(C)C.Cl. The monoisotopic (exact) mass is 281 g/mol. The Morgan fingerprint density at radius 3 is 2.42 bits per heavy atom. The van der Waals surface area contributed by atoms with Gasteiger partial charge in [0.2, 0.25) is 0 Å². The van der Waals surface area contributed by atoms with E-state index in [1.165, 1.54) is 36.8 Å². The fraction of sp³-hybridized carbons (Fsp3) is 0.529. The molecule has 108 valence electrons. The maximum atomic E-state index is 3.52. The van der Waals surface area contributed by atoms with Crippen molar-refractivity contribution in [2.75, 3.05) is 6.54 Å². The Morgan fingerprint density at radius 1 is 1.16 bits per heavy atom. The second-order valence-corrected chi connectivity index (χ2v) is 5.21. The first kappa shape index (κ1) is 18.2. The summed E-state index contributed by atoms with van der Waals surface area (Å²) in [5.74, 6) is 0. The number of hydrogen-bond acceptors (Lipinski definition) is 1. The molecule has 0 spiro atoms. The average molecular weight is 282 g/mol. The maximum absolute atomic E-state index is 3.52. The van der Waals surface area contributed by atoms with Crippen molar-refractivity contribution in [1.29, 1.82) is 0 Å². The molecule has 0 amide bonds. The quantitative estimate of drug-likeness (QED) is 0.656. The molecule has 0 bridgehead atoms. The second-order valence-electron chi connectivity index (χ2n) is 5.21. The van der Waals surface area contributed by atoms with Crippen LogP contribution in [0.3, 0.4) is 0 Å². The molecule has 1 rings (SSSR count). The Balaban J connectivity index is 0.00000324. The maximum Gasteiger partial charge on any atom is 0.0170 e. The normalized spacial score (nSPS) is 11.5. The smallest absolute Gasteiger partial charge is 0.0170 e. The molecule has 0 unspecified atom stereocenters. The molecule has 0 aliphatic carbocycles. The van der Waals surface area contributed by atoms with Crippen molar-refractivity contribution in [2.45, 2.75) is 52.5 Å². The van der Waals surface area contributed by atoms with Crippen LogP contribution in [0.5, 0.6) is 0 Å². The molecular weight excluding hydrogens is 254 g/mol. The molecule has 0 aliphatic rings. The first-order chi connectivity index (χ1) is 8.72. The van der Waals surface area contributed by atoms with Crippen molar-refractivity contribution in [1.82, 2.24) is 5.32 Å². The Labute approximate surface area is 124 Å². The van der Waals surface area contributed by atoms with E-state index in [1.54, 1.807) is 0 Å². The zero-order chi connectivity index (χ0) is 13.2. The molecule has 1 aromatic rings. The van der Waals surface area contributed by atoms with Crippen LogP contribution in [0, 0.1) is 0 Å². The molecule has 0 heterocycles. The third-order valence-corrected chi connectivity index (χ3v) is 3.01. The van der Waals surface area contributed by atoms with Gasteiger partial charge in [0.15, 0.2) is 0 Å². The minimum atomic E-state index is 0. The molecule has 0 saturated heterocycles. The lowest BCUT2D eigenvalue weighted by atomic mass is 10.0. The topological polar surface area (TPSA) is 12.0 Å². The summed E-state index contributed by atoms with van der Waals surface area (Å²) in [6, 6.07) is 11.2. The summed E-state index contributed by atoms with van der Waals surface area (Å²) in [5, 5.41) is 3.52. The van der Waals surface area contributed by atoms with Gasteiger partial charge >= 0.3 is 0 Å². The van der Waals surface area contributed by atoms with Crippen LogP contribution in [0.25, 0.3) is 6.08 Å². The lowest BCUT2D eigenvalue weighted by Crippen LogP contribution is -2.24. The highest BCUT2D eigenvalue weighted by Gasteiger charge is 2.00. The zero-order valence-electron chi connectivity index (χ0n) is 12.5. The van der Waals surface area contributed by atoms with Crippen molar-refractivity contribution in [3.63, 3.8) is 0 Å². The minimum absolute atomic E-state index is 0. The summed E-state index contributed by atoms with van der Waals surface area (Å²) in [5.41, 5.74) is 2.83. The van der Waals surface area contributed by atoms with Crippen LogP contribution in [0.4, 0.5) is 0 Å². The van der Waals surface area contributed by atoms with Crippen LogP contribution < -0.4 is 5.32 Å². The van der Waals surface area contributed by atoms with Gasteiger partial charge in [-0.1, -0.05) is 75.6 Å². The van der Waals surface area contributed by atoms with Gasteiger partial charge in [-0.15, -0.1) is 12.4 Å². The zero-order valence-corrected chi connectivity index (χ0v) is 13.3. The van der Waals surface area contributed by atoms with Crippen LogP contribution in [0.1, 0.15) is 52.0 Å². The van der Waals surface area contributed by atoms with Crippen LogP contribution in [0.15, 0.2) is 35.9 Å². The summed E-state index contributed by atoms with van der Waals surface area (Å²) in [6.45, 7) is 7.67. The fourth-order valence-electron chi connectivity index (χ4n) is 1.93. The van der Waals surface area contributed by atoms with Gasteiger partial charge in [-0.3, -0.25) is 0 Å². The molecule has 0 saturated carbocycles. The summed E-state index contributed by atoms with van der Waals surface area (Å²) in [6.07, 6.45) is 7.46. The van der Waals surface area contributed by atoms with Crippen molar-refractivity contribution >= 4 is 18.5 Å². The minimum Gasteiger partial charge on any atom is -0.311 e. The standard InChI is InChI=1S/C17H27N.ClH/c1-4-5-7-12-17(14-18-15(2)3)13-16-10-8-6-9-11-16;/h6,8-11,13,15,18H,4-5,7,12,14H2,1-3H3;1H. The number of rotatable bonds is 8. The van der Waals surface area contributed by atoms with Gasteiger partial charge in [0.1, 0.15) is 0 Å². The van der Waals surface area contributed by atoms with Crippen LogP contribution in [-0.4, -0.2) is 12.6 Å². The van der Waals surface area contributed by atoms with E-state index >= 15 is 0 Å². The summed E-state index contributed by atoms with van der Waals surface area (Å²) < 4.78 is 0. The number of halogens is 1. The Hall–Kier alpha value is -0.790. The molecule has 2 heteroatoms. The molecule has 0 atom stereocenters. The van der Waals surface area contributed by atoms with Crippen molar-refractivity contribution in [3.8, 4) is 0 Å². The van der Waals surface area contributed by atoms with Gasteiger partial charge in [0, 0.05) is 12.6 Å². The number of hydrogen-bond donors (Lipinski definition) is 1. The lowest BCUT2D eigenvalue weighted by molar-refractivity contribution is 0.604. The van der Waals surface area contributed by atoms with Crippen LogP contribution >= 0.6 is 12.4 Å². The fourth-order valence-corrected chi connectivity index (χ4v) is 1.93. The first-order valence-electron chi connectivity index (χ1n) is 7.20. The van der Waals surface area contributed by atoms with E-state index in [0.29, 0.717) is 6.04 Å². The molecule has 1 nitrogen and oxygen atoms in total. The Kier molecular flexibility index (Phi) is 10.6. The van der Waals surface area contributed by atoms with Gasteiger partial charge in [-0.25, -0.2) is 0 Å². The molecule has 0 aromatic heterocycles. The van der Waals surface area contributed by atoms with Crippen LogP contribution in [0.2, 0.25) is 0 Å². The number of nitrogens with one attached hydrogen (secondary N) is 1. The highest BCUT2D eigenvalue weighted by molar-refractivity contribution is 5.85. The molecule has 0 radical (unpaired) electrons. The van der Waals surface area contributed by atoms with E-state index in [1.807, 2.05) is 0 Å². The van der Waals surface area contributed by atoms with Gasteiger partial charge < -0.3 is 5.32 Å². The number of benzene rings is 1. The van der Waals surface area contributed by atoms with Gasteiger partial charge in [-0.05, 0) is 18.4 Å². The Bertz CT molecular complexity index is 344. The largest absolute Gasteiger partial charge is 0.311 e. The molecule has 0 aliphatic heterocycles. The van der Waals surface area contributed by atoms with E-state index in [2.05, 4.69) is 62.5 Å². The highest BCUT2D eigenvalue weighted by atomic mass is 35.5. The molecule has 19 heavy (non-hydrogen) atoms. The van der Waals surface area contributed by atoms with Crippen LogP contribution in [-0.2, 0) is 0 Å². The third kappa shape index (κ3) is 8.85. The summed E-state index contributed by atoms with van der Waals surface area (Å²) in [7, 11) is 0. The van der Waals surface area contributed by atoms with Gasteiger partial charge in [0.05, 0.1) is 0 Å². The average Bonchev–Trinajstić information content (AvgIpc) is 2.37. The van der Waals surface area contributed by atoms with Crippen molar-refractivity contribution in [3.05, 3.63) is 41.5 Å². The Morgan fingerprint density at radius 2 is 1.84 bits per heavy atom. The van der Waals surface area contributed by atoms with E-state index < -0.39 is 0 Å². The van der Waals surface area contributed by atoms with Gasteiger partial charge in [-0.2, -0.15) is 0 Å². The third-order valence-electron chi connectivity index (χ3n) is 3.01. The molecule has 1 N–H and O–H groups in total. The van der Waals surface area contributed by atoms with E-state index in [9.17, 15) is 0 Å². The molecule has 0 fully saturated rings. The molecule has 1 aromatic carbocycles. The summed E-state index contributed by atoms with van der Waals surface area (Å²) in [4.78, 5) is 0. The van der Waals surface area contributed by atoms with E-state index in [-0.39, 0.29) is 12.4 Å². The molecular formula is C17H28ClN. The summed E-state index contributed by atoms with van der Waals surface area (Å²) >= 11 is 0. The van der Waals surface area contributed by atoms with Gasteiger partial charge in [0.25, 0.3) is 0 Å². The predicted molar refractivity (Wildman–Crippen MR) is 88.9 cm³/mol.